The van der Waals surface area contributed by atoms with Gasteiger partial charge in [0, 0.05) is 18.1 Å². The summed E-state index contributed by atoms with van der Waals surface area (Å²) in [6, 6.07) is 14.9. The van der Waals surface area contributed by atoms with Crippen LogP contribution in [-0.2, 0) is 19.7 Å². The number of aromatic nitrogens is 1. The topological polar surface area (TPSA) is 57.7 Å². The van der Waals surface area contributed by atoms with E-state index in [0.717, 1.165) is 0 Å². The zero-order valence-corrected chi connectivity index (χ0v) is 16.6. The Morgan fingerprint density at radius 3 is 2.44 bits per heavy atom. The van der Waals surface area contributed by atoms with Crippen LogP contribution in [0.25, 0.3) is 0 Å². The van der Waals surface area contributed by atoms with Crippen molar-refractivity contribution in [3.63, 3.8) is 0 Å². The van der Waals surface area contributed by atoms with Gasteiger partial charge in [-0.3, -0.25) is 4.79 Å². The van der Waals surface area contributed by atoms with E-state index in [1.807, 2.05) is 56.3 Å². The summed E-state index contributed by atoms with van der Waals surface area (Å²) in [5.41, 5.74) is -0.749. The molecule has 5 heteroatoms. The van der Waals surface area contributed by atoms with Gasteiger partial charge in [0.2, 0.25) is 5.88 Å². The van der Waals surface area contributed by atoms with Crippen LogP contribution < -0.4 is 4.74 Å². The molecule has 1 aliphatic rings. The lowest BCUT2D eigenvalue weighted by Crippen LogP contribution is -2.31. The lowest BCUT2D eigenvalue weighted by molar-refractivity contribution is -0.145. The molecule has 0 spiro atoms. The van der Waals surface area contributed by atoms with E-state index in [4.69, 9.17) is 14.2 Å². The summed E-state index contributed by atoms with van der Waals surface area (Å²) in [4.78, 5) is 17.5. The number of nitrogens with zero attached hydrogens (tertiary/aromatic N) is 1. The first-order chi connectivity index (χ1) is 12.8. The van der Waals surface area contributed by atoms with Gasteiger partial charge in [-0.1, -0.05) is 52.0 Å². The van der Waals surface area contributed by atoms with Crippen molar-refractivity contribution in [2.75, 3.05) is 13.7 Å². The van der Waals surface area contributed by atoms with Gasteiger partial charge in [-0.25, -0.2) is 4.98 Å². The molecule has 2 atom stereocenters. The van der Waals surface area contributed by atoms with Crippen LogP contribution in [0.3, 0.4) is 0 Å². The highest BCUT2D eigenvalue weighted by Gasteiger charge is 2.79. The second-order valence-corrected chi connectivity index (χ2v) is 7.90. The second-order valence-electron chi connectivity index (χ2n) is 7.90. The standard InChI is InChI=1S/C22H27NO4/c1-15(2)14-26-19-21(3,4)22(19,20(24)25-5)17-12-9-13-18(23-17)27-16-10-7-6-8-11-16/h6-13,15,19H,14H2,1-5H3. The number of ether oxygens (including phenoxy) is 3. The number of benzene rings is 1. The van der Waals surface area contributed by atoms with E-state index in [0.29, 0.717) is 29.8 Å². The van der Waals surface area contributed by atoms with Crippen LogP contribution in [0, 0.1) is 11.3 Å². The maximum Gasteiger partial charge on any atom is 0.321 e. The van der Waals surface area contributed by atoms with Crippen molar-refractivity contribution >= 4 is 5.97 Å². The molecule has 1 heterocycles. The number of methoxy groups -OCH3 is 1. The van der Waals surface area contributed by atoms with Crippen molar-refractivity contribution in [1.29, 1.82) is 0 Å². The van der Waals surface area contributed by atoms with Crippen molar-refractivity contribution in [2.45, 2.75) is 39.2 Å². The number of para-hydroxylation sites is 1. The zero-order valence-electron chi connectivity index (χ0n) is 16.6. The Balaban J connectivity index is 1.95. The van der Waals surface area contributed by atoms with Gasteiger partial charge in [-0.15, -0.1) is 0 Å². The van der Waals surface area contributed by atoms with Gasteiger partial charge in [-0.05, 0) is 24.1 Å². The van der Waals surface area contributed by atoms with Gasteiger partial charge in [0.05, 0.1) is 18.9 Å². The van der Waals surface area contributed by atoms with Gasteiger partial charge < -0.3 is 14.2 Å². The molecule has 3 rings (SSSR count). The Labute approximate surface area is 160 Å². The maximum atomic E-state index is 12.9. The monoisotopic (exact) mass is 369 g/mol. The fourth-order valence-corrected chi connectivity index (χ4v) is 3.74. The number of hydrogen-bond donors (Lipinski definition) is 0. The quantitative estimate of drug-likeness (QED) is 0.679. The summed E-state index contributed by atoms with van der Waals surface area (Å²) in [5.74, 6) is 1.17. The zero-order chi connectivity index (χ0) is 19.7. The van der Waals surface area contributed by atoms with Crippen LogP contribution in [0.1, 0.15) is 33.4 Å². The van der Waals surface area contributed by atoms with Crippen LogP contribution >= 0.6 is 0 Å². The summed E-state index contributed by atoms with van der Waals surface area (Å²) in [7, 11) is 1.41. The maximum absolute atomic E-state index is 12.9. The lowest BCUT2D eigenvalue weighted by Gasteiger charge is -2.18. The molecule has 0 aliphatic heterocycles. The van der Waals surface area contributed by atoms with Gasteiger partial charge in [0.25, 0.3) is 0 Å². The Bertz CT molecular complexity index is 803. The predicted molar refractivity (Wildman–Crippen MR) is 103 cm³/mol. The van der Waals surface area contributed by atoms with E-state index in [1.54, 1.807) is 6.07 Å². The molecule has 27 heavy (non-hydrogen) atoms. The van der Waals surface area contributed by atoms with E-state index in [-0.39, 0.29) is 12.1 Å². The highest BCUT2D eigenvalue weighted by molar-refractivity contribution is 5.90. The number of rotatable bonds is 7. The van der Waals surface area contributed by atoms with Crippen LogP contribution in [0.5, 0.6) is 11.6 Å². The van der Waals surface area contributed by atoms with Crippen LogP contribution in [-0.4, -0.2) is 30.8 Å². The molecule has 5 nitrogen and oxygen atoms in total. The van der Waals surface area contributed by atoms with Crippen molar-refractivity contribution in [3.05, 3.63) is 54.2 Å². The molecule has 1 fully saturated rings. The predicted octanol–water partition coefficient (Wildman–Crippen LogP) is 4.37. The van der Waals surface area contributed by atoms with Crippen molar-refractivity contribution < 1.29 is 19.0 Å². The van der Waals surface area contributed by atoms with E-state index in [1.165, 1.54) is 7.11 Å². The third-order valence-electron chi connectivity index (χ3n) is 5.18. The normalized spacial score (nSPS) is 23.1. The van der Waals surface area contributed by atoms with Gasteiger partial charge in [0.1, 0.15) is 11.2 Å². The van der Waals surface area contributed by atoms with Crippen molar-refractivity contribution in [1.82, 2.24) is 4.98 Å². The first-order valence-corrected chi connectivity index (χ1v) is 9.24. The molecule has 144 valence electrons. The molecule has 2 aromatic rings. The average Bonchev–Trinajstić information content (AvgIpc) is 3.16. The average molecular weight is 369 g/mol. The minimum atomic E-state index is -0.938. The largest absolute Gasteiger partial charge is 0.468 e. The van der Waals surface area contributed by atoms with E-state index >= 15 is 0 Å². The third-order valence-corrected chi connectivity index (χ3v) is 5.18. The third kappa shape index (κ3) is 3.32. The molecule has 0 radical (unpaired) electrons. The molecule has 1 saturated carbocycles. The van der Waals surface area contributed by atoms with E-state index < -0.39 is 10.8 Å². The number of carbonyl (C=O) groups excluding carboxylic acids is 1. The first-order valence-electron chi connectivity index (χ1n) is 9.24. The molecule has 1 aromatic carbocycles. The van der Waals surface area contributed by atoms with Crippen LogP contribution in [0.2, 0.25) is 0 Å². The summed E-state index contributed by atoms with van der Waals surface area (Å²) in [6.07, 6.45) is -0.292. The Hall–Kier alpha value is -2.40. The molecule has 1 aliphatic carbocycles. The van der Waals surface area contributed by atoms with E-state index in [2.05, 4.69) is 18.8 Å². The molecule has 2 unspecified atom stereocenters. The SMILES string of the molecule is COC(=O)C1(c2cccc(Oc3ccccc3)n2)C(OCC(C)C)C1(C)C. The molecule has 0 bridgehead atoms. The fourth-order valence-electron chi connectivity index (χ4n) is 3.74. The molecule has 1 aromatic heterocycles. The summed E-state index contributed by atoms with van der Waals surface area (Å²) in [6.45, 7) is 8.78. The number of hydrogen-bond acceptors (Lipinski definition) is 5. The van der Waals surface area contributed by atoms with Crippen LogP contribution in [0.15, 0.2) is 48.5 Å². The summed E-state index contributed by atoms with van der Waals surface area (Å²) in [5, 5.41) is 0. The van der Waals surface area contributed by atoms with Crippen molar-refractivity contribution in [3.8, 4) is 11.6 Å². The number of esters is 1. The van der Waals surface area contributed by atoms with Gasteiger partial charge in [-0.2, -0.15) is 0 Å². The molecule has 0 N–H and O–H groups in total. The molecular weight excluding hydrogens is 342 g/mol. The summed E-state index contributed by atoms with van der Waals surface area (Å²) < 4.78 is 17.1. The minimum Gasteiger partial charge on any atom is -0.468 e. The van der Waals surface area contributed by atoms with E-state index in [9.17, 15) is 4.79 Å². The highest BCUT2D eigenvalue weighted by Crippen LogP contribution is 2.66. The minimum absolute atomic E-state index is 0.292. The van der Waals surface area contributed by atoms with Crippen LogP contribution in [0.4, 0.5) is 0 Å². The smallest absolute Gasteiger partial charge is 0.321 e. The second kappa shape index (κ2) is 7.31. The Kier molecular flexibility index (Phi) is 5.24. The van der Waals surface area contributed by atoms with Crippen molar-refractivity contribution in [2.24, 2.45) is 11.3 Å². The first kappa shape index (κ1) is 19.4. The summed E-state index contributed by atoms with van der Waals surface area (Å²) >= 11 is 0. The van der Waals surface area contributed by atoms with Gasteiger partial charge >= 0.3 is 5.97 Å². The Morgan fingerprint density at radius 1 is 1.11 bits per heavy atom. The lowest BCUT2D eigenvalue weighted by atomic mass is 9.91. The van der Waals surface area contributed by atoms with Gasteiger partial charge in [0.15, 0.2) is 0 Å². The molecule has 0 amide bonds. The molecular formula is C22H27NO4. The fraction of sp³-hybridized carbons (Fsp3) is 0.455. The number of carbonyl (C=O) groups is 1. The highest BCUT2D eigenvalue weighted by atomic mass is 16.5. The Morgan fingerprint density at radius 2 is 1.81 bits per heavy atom. The molecule has 0 saturated heterocycles. The number of pyridine rings is 1.